The van der Waals surface area contributed by atoms with Gasteiger partial charge in [0, 0.05) is 17.4 Å². The summed E-state index contributed by atoms with van der Waals surface area (Å²) in [4.78, 5) is 14.8. The first-order valence-electron chi connectivity index (χ1n) is 5.33. The highest BCUT2D eigenvalue weighted by Gasteiger charge is 2.03. The summed E-state index contributed by atoms with van der Waals surface area (Å²) in [5, 5.41) is 3.19. The number of benzene rings is 1. The average molecular weight is 231 g/mol. The average Bonchev–Trinajstić information content (AvgIpc) is 2.79. The predicted octanol–water partition coefficient (Wildman–Crippen LogP) is 3.33. The molecule has 0 aliphatic heterocycles. The van der Waals surface area contributed by atoms with Gasteiger partial charge in [0.15, 0.2) is 0 Å². The third-order valence-electron chi connectivity index (χ3n) is 2.33. The van der Waals surface area contributed by atoms with Gasteiger partial charge in [-0.1, -0.05) is 30.3 Å². The number of aromatic nitrogens is 1. The summed E-state index contributed by atoms with van der Waals surface area (Å²) < 4.78 is 0. The zero-order valence-corrected chi connectivity index (χ0v) is 9.74. The maximum absolute atomic E-state index is 10.2. The standard InChI is InChI=1S/C13H13NOS/c15-9-5-4-8-13-14-12(10-16-13)11-6-2-1-3-7-11/h1-3,6-7,9-10H,4-5,8H2. The maximum Gasteiger partial charge on any atom is 0.120 e. The molecule has 1 heterocycles. The number of unbranched alkanes of at least 4 members (excludes halogenated alkanes) is 1. The van der Waals surface area contributed by atoms with Crippen LogP contribution in [0, 0.1) is 0 Å². The van der Waals surface area contributed by atoms with Crippen molar-refractivity contribution in [1.82, 2.24) is 4.98 Å². The van der Waals surface area contributed by atoms with Crippen molar-refractivity contribution < 1.29 is 4.79 Å². The third-order valence-corrected chi connectivity index (χ3v) is 3.24. The van der Waals surface area contributed by atoms with Crippen molar-refractivity contribution in [3.63, 3.8) is 0 Å². The van der Waals surface area contributed by atoms with Crippen molar-refractivity contribution in [3.05, 3.63) is 40.7 Å². The fourth-order valence-electron chi connectivity index (χ4n) is 1.50. The van der Waals surface area contributed by atoms with Gasteiger partial charge in [-0.05, 0) is 12.8 Å². The Morgan fingerprint density at radius 2 is 2.06 bits per heavy atom. The molecule has 2 aromatic rings. The van der Waals surface area contributed by atoms with Gasteiger partial charge in [0.1, 0.15) is 6.29 Å². The summed E-state index contributed by atoms with van der Waals surface area (Å²) >= 11 is 1.67. The number of carbonyl (C=O) groups excluding carboxylic acids is 1. The van der Waals surface area contributed by atoms with E-state index >= 15 is 0 Å². The van der Waals surface area contributed by atoms with Crippen LogP contribution in [0.4, 0.5) is 0 Å². The van der Waals surface area contributed by atoms with E-state index < -0.39 is 0 Å². The van der Waals surface area contributed by atoms with E-state index in [0.29, 0.717) is 6.42 Å². The van der Waals surface area contributed by atoms with E-state index in [0.717, 1.165) is 35.4 Å². The number of nitrogens with zero attached hydrogens (tertiary/aromatic N) is 1. The smallest absolute Gasteiger partial charge is 0.120 e. The number of aldehydes is 1. The van der Waals surface area contributed by atoms with E-state index in [1.807, 2.05) is 18.2 Å². The molecule has 0 saturated carbocycles. The minimum absolute atomic E-state index is 0.625. The molecule has 0 spiro atoms. The molecule has 1 aromatic carbocycles. The Labute approximate surface area is 99.0 Å². The summed E-state index contributed by atoms with van der Waals surface area (Å²) in [5.41, 5.74) is 2.19. The second-order valence-corrected chi connectivity index (χ2v) is 4.49. The van der Waals surface area contributed by atoms with E-state index in [1.54, 1.807) is 11.3 Å². The number of rotatable bonds is 5. The monoisotopic (exact) mass is 231 g/mol. The molecular formula is C13H13NOS. The lowest BCUT2D eigenvalue weighted by Crippen LogP contribution is -1.85. The maximum atomic E-state index is 10.2. The number of thiazole rings is 1. The molecule has 0 fully saturated rings. The van der Waals surface area contributed by atoms with Crippen molar-refractivity contribution in [1.29, 1.82) is 0 Å². The Morgan fingerprint density at radius 1 is 1.25 bits per heavy atom. The van der Waals surface area contributed by atoms with Gasteiger partial charge in [0.05, 0.1) is 10.7 Å². The van der Waals surface area contributed by atoms with Gasteiger partial charge >= 0.3 is 0 Å². The van der Waals surface area contributed by atoms with Gasteiger partial charge in [-0.2, -0.15) is 0 Å². The number of hydrogen-bond acceptors (Lipinski definition) is 3. The second kappa shape index (κ2) is 5.56. The summed E-state index contributed by atoms with van der Waals surface area (Å²) in [6, 6.07) is 10.1. The molecule has 0 aliphatic carbocycles. The minimum atomic E-state index is 0.625. The van der Waals surface area contributed by atoms with E-state index in [2.05, 4.69) is 22.5 Å². The molecule has 0 saturated heterocycles. The van der Waals surface area contributed by atoms with Crippen LogP contribution in [-0.2, 0) is 11.2 Å². The second-order valence-electron chi connectivity index (χ2n) is 3.55. The lowest BCUT2D eigenvalue weighted by atomic mass is 10.2. The third kappa shape index (κ3) is 2.76. The first kappa shape index (κ1) is 11.0. The highest BCUT2D eigenvalue weighted by Crippen LogP contribution is 2.22. The molecule has 0 bridgehead atoms. The highest BCUT2D eigenvalue weighted by molar-refractivity contribution is 7.09. The van der Waals surface area contributed by atoms with Crippen molar-refractivity contribution in [3.8, 4) is 11.3 Å². The van der Waals surface area contributed by atoms with E-state index in [1.165, 1.54) is 0 Å². The van der Waals surface area contributed by atoms with Crippen LogP contribution in [0.3, 0.4) is 0 Å². The van der Waals surface area contributed by atoms with Crippen molar-refractivity contribution in [2.45, 2.75) is 19.3 Å². The Morgan fingerprint density at radius 3 is 2.81 bits per heavy atom. The molecular weight excluding hydrogens is 218 g/mol. The number of hydrogen-bond donors (Lipinski definition) is 0. The molecule has 0 unspecified atom stereocenters. The van der Waals surface area contributed by atoms with Crippen LogP contribution in [0.15, 0.2) is 35.7 Å². The molecule has 3 heteroatoms. The largest absolute Gasteiger partial charge is 0.303 e. The van der Waals surface area contributed by atoms with Crippen LogP contribution in [0.5, 0.6) is 0 Å². The van der Waals surface area contributed by atoms with E-state index in [-0.39, 0.29) is 0 Å². The fourth-order valence-corrected chi connectivity index (χ4v) is 2.35. The van der Waals surface area contributed by atoms with Crippen molar-refractivity contribution in [2.75, 3.05) is 0 Å². The van der Waals surface area contributed by atoms with Gasteiger partial charge in [-0.15, -0.1) is 11.3 Å². The quantitative estimate of drug-likeness (QED) is 0.583. The van der Waals surface area contributed by atoms with Crippen molar-refractivity contribution >= 4 is 17.6 Å². The van der Waals surface area contributed by atoms with Crippen LogP contribution in [0.2, 0.25) is 0 Å². The topological polar surface area (TPSA) is 30.0 Å². The zero-order chi connectivity index (χ0) is 11.2. The Hall–Kier alpha value is -1.48. The summed E-state index contributed by atoms with van der Waals surface area (Å²) in [6.45, 7) is 0. The molecule has 2 nitrogen and oxygen atoms in total. The van der Waals surface area contributed by atoms with Gasteiger partial charge in [-0.3, -0.25) is 0 Å². The molecule has 1 aromatic heterocycles. The van der Waals surface area contributed by atoms with Gasteiger partial charge < -0.3 is 4.79 Å². The zero-order valence-electron chi connectivity index (χ0n) is 8.93. The lowest BCUT2D eigenvalue weighted by molar-refractivity contribution is -0.107. The SMILES string of the molecule is O=CCCCc1nc(-c2ccccc2)cs1. The molecule has 0 atom stereocenters. The van der Waals surface area contributed by atoms with Crippen LogP contribution in [0.25, 0.3) is 11.3 Å². The van der Waals surface area contributed by atoms with E-state index in [4.69, 9.17) is 0 Å². The minimum Gasteiger partial charge on any atom is -0.303 e. The Bertz CT molecular complexity index is 450. The number of aryl methyl sites for hydroxylation is 1. The molecule has 0 amide bonds. The predicted molar refractivity (Wildman–Crippen MR) is 66.6 cm³/mol. The van der Waals surface area contributed by atoms with Crippen molar-refractivity contribution in [2.24, 2.45) is 0 Å². The van der Waals surface area contributed by atoms with Crippen LogP contribution in [0.1, 0.15) is 17.8 Å². The molecule has 0 aliphatic rings. The first-order chi connectivity index (χ1) is 7.90. The molecule has 16 heavy (non-hydrogen) atoms. The van der Waals surface area contributed by atoms with Gasteiger partial charge in [0.25, 0.3) is 0 Å². The first-order valence-corrected chi connectivity index (χ1v) is 6.21. The molecule has 2 rings (SSSR count). The normalized spacial score (nSPS) is 10.2. The Balaban J connectivity index is 2.05. The van der Waals surface area contributed by atoms with Gasteiger partial charge in [-0.25, -0.2) is 4.98 Å². The Kier molecular flexibility index (Phi) is 3.83. The summed E-state index contributed by atoms with van der Waals surface area (Å²) in [7, 11) is 0. The molecule has 0 N–H and O–H groups in total. The lowest BCUT2D eigenvalue weighted by Gasteiger charge is -1.94. The summed E-state index contributed by atoms with van der Waals surface area (Å²) in [5.74, 6) is 0. The fraction of sp³-hybridized carbons (Fsp3) is 0.231. The number of carbonyl (C=O) groups is 1. The molecule has 82 valence electrons. The van der Waals surface area contributed by atoms with Crippen LogP contribution in [-0.4, -0.2) is 11.3 Å². The van der Waals surface area contributed by atoms with Crippen LogP contribution >= 0.6 is 11.3 Å². The summed E-state index contributed by atoms with van der Waals surface area (Å²) in [6.07, 6.45) is 3.38. The van der Waals surface area contributed by atoms with Gasteiger partial charge in [0.2, 0.25) is 0 Å². The molecule has 0 radical (unpaired) electrons. The van der Waals surface area contributed by atoms with Crippen LogP contribution < -0.4 is 0 Å². The van der Waals surface area contributed by atoms with E-state index in [9.17, 15) is 4.79 Å². The highest BCUT2D eigenvalue weighted by atomic mass is 32.1.